The second-order valence-corrected chi connectivity index (χ2v) is 6.05. The van der Waals surface area contributed by atoms with E-state index in [0.717, 1.165) is 10.7 Å². The number of nitrogens with two attached hydrogens (primary N) is 1. The van der Waals surface area contributed by atoms with Crippen molar-refractivity contribution in [2.24, 2.45) is 5.84 Å². The highest BCUT2D eigenvalue weighted by Gasteiger charge is 2.29. The number of furan rings is 1. The molecule has 1 aliphatic rings. The van der Waals surface area contributed by atoms with Crippen LogP contribution in [0.2, 0.25) is 0 Å². The number of halogens is 1. The van der Waals surface area contributed by atoms with Gasteiger partial charge in [0.15, 0.2) is 0 Å². The summed E-state index contributed by atoms with van der Waals surface area (Å²) < 4.78 is 19.4. The lowest BCUT2D eigenvalue weighted by molar-refractivity contribution is 0.530. The molecular formula is C15H17FN2OS. The first-order valence-corrected chi connectivity index (χ1v) is 7.61. The Morgan fingerprint density at radius 1 is 1.40 bits per heavy atom. The van der Waals surface area contributed by atoms with E-state index in [1.807, 2.05) is 18.2 Å². The Morgan fingerprint density at radius 3 is 2.80 bits per heavy atom. The van der Waals surface area contributed by atoms with E-state index in [9.17, 15) is 4.39 Å². The molecule has 1 heterocycles. The number of benzene rings is 1. The maximum atomic E-state index is 14.1. The van der Waals surface area contributed by atoms with Crippen molar-refractivity contribution in [2.75, 3.05) is 12.1 Å². The molecule has 1 aromatic carbocycles. The van der Waals surface area contributed by atoms with Crippen molar-refractivity contribution in [1.29, 1.82) is 0 Å². The van der Waals surface area contributed by atoms with Crippen LogP contribution in [0.5, 0.6) is 0 Å². The Morgan fingerprint density at radius 2 is 2.20 bits per heavy atom. The van der Waals surface area contributed by atoms with Crippen LogP contribution < -0.4 is 10.9 Å². The zero-order valence-corrected chi connectivity index (χ0v) is 12.1. The molecule has 20 heavy (non-hydrogen) atoms. The highest BCUT2D eigenvalue weighted by molar-refractivity contribution is 7.98. The SMILES string of the molecule is CN(N)c1c(F)ccc(C2CC2)c1SCc1ccco1. The third-order valence-corrected chi connectivity index (χ3v) is 4.57. The first-order chi connectivity index (χ1) is 9.66. The Balaban J connectivity index is 1.94. The zero-order valence-electron chi connectivity index (χ0n) is 11.3. The van der Waals surface area contributed by atoms with Crippen LogP contribution in [-0.2, 0) is 5.75 Å². The molecule has 2 aromatic rings. The fourth-order valence-corrected chi connectivity index (χ4v) is 3.53. The molecule has 5 heteroatoms. The normalized spacial score (nSPS) is 14.6. The van der Waals surface area contributed by atoms with Gasteiger partial charge in [-0.3, -0.25) is 0 Å². The molecule has 1 aliphatic carbocycles. The van der Waals surface area contributed by atoms with E-state index in [0.29, 0.717) is 17.4 Å². The first-order valence-electron chi connectivity index (χ1n) is 6.63. The van der Waals surface area contributed by atoms with Crippen molar-refractivity contribution in [1.82, 2.24) is 0 Å². The van der Waals surface area contributed by atoms with Crippen LogP contribution in [0.4, 0.5) is 10.1 Å². The molecule has 0 bridgehead atoms. The molecule has 1 aromatic heterocycles. The van der Waals surface area contributed by atoms with E-state index < -0.39 is 0 Å². The summed E-state index contributed by atoms with van der Waals surface area (Å²) in [6.45, 7) is 0. The summed E-state index contributed by atoms with van der Waals surface area (Å²) in [4.78, 5) is 0.939. The molecule has 0 amide bonds. The summed E-state index contributed by atoms with van der Waals surface area (Å²) in [5, 5.41) is 1.37. The van der Waals surface area contributed by atoms with Gasteiger partial charge >= 0.3 is 0 Å². The summed E-state index contributed by atoms with van der Waals surface area (Å²) in [6.07, 6.45) is 4.00. The molecule has 0 spiro atoms. The van der Waals surface area contributed by atoms with Gasteiger partial charge in [0.1, 0.15) is 17.3 Å². The van der Waals surface area contributed by atoms with Crippen LogP contribution in [0.3, 0.4) is 0 Å². The highest BCUT2D eigenvalue weighted by Crippen LogP contribution is 2.48. The Hall–Kier alpha value is -1.46. The molecule has 106 valence electrons. The molecule has 0 saturated heterocycles. The summed E-state index contributed by atoms with van der Waals surface area (Å²) >= 11 is 1.59. The summed E-state index contributed by atoms with van der Waals surface area (Å²) in [5.74, 6) is 7.64. The second-order valence-electron chi connectivity index (χ2n) is 5.07. The summed E-state index contributed by atoms with van der Waals surface area (Å²) in [6, 6.07) is 7.20. The molecule has 2 N–H and O–H groups in total. The third kappa shape index (κ3) is 2.69. The topological polar surface area (TPSA) is 42.4 Å². The lowest BCUT2D eigenvalue weighted by Crippen LogP contribution is -2.27. The molecule has 3 nitrogen and oxygen atoms in total. The van der Waals surface area contributed by atoms with Gasteiger partial charge < -0.3 is 9.43 Å². The monoisotopic (exact) mass is 292 g/mol. The number of anilines is 1. The van der Waals surface area contributed by atoms with Crippen LogP contribution in [0.15, 0.2) is 39.8 Å². The lowest BCUT2D eigenvalue weighted by atomic mass is 10.1. The minimum Gasteiger partial charge on any atom is -0.468 e. The minimum atomic E-state index is -0.277. The van der Waals surface area contributed by atoms with Gasteiger partial charge in [-0.2, -0.15) is 0 Å². The fourth-order valence-electron chi connectivity index (χ4n) is 2.30. The van der Waals surface area contributed by atoms with Gasteiger partial charge in [-0.25, -0.2) is 10.2 Å². The minimum absolute atomic E-state index is 0.277. The van der Waals surface area contributed by atoms with E-state index in [4.69, 9.17) is 10.3 Å². The van der Waals surface area contributed by atoms with Crippen LogP contribution in [-0.4, -0.2) is 7.05 Å². The predicted octanol–water partition coefficient (Wildman–Crippen LogP) is 3.90. The predicted molar refractivity (Wildman–Crippen MR) is 79.2 cm³/mol. The van der Waals surface area contributed by atoms with Gasteiger partial charge in [0.25, 0.3) is 0 Å². The van der Waals surface area contributed by atoms with Crippen molar-refractivity contribution in [2.45, 2.75) is 29.4 Å². The number of nitrogens with zero attached hydrogens (tertiary/aromatic N) is 1. The van der Waals surface area contributed by atoms with Gasteiger partial charge in [-0.1, -0.05) is 6.07 Å². The molecule has 0 radical (unpaired) electrons. The Kier molecular flexibility index (Phi) is 3.72. The van der Waals surface area contributed by atoms with Gasteiger partial charge in [0, 0.05) is 11.9 Å². The van der Waals surface area contributed by atoms with E-state index in [1.165, 1.54) is 29.5 Å². The van der Waals surface area contributed by atoms with Crippen molar-refractivity contribution >= 4 is 17.4 Å². The standard InChI is InChI=1S/C15H17FN2OS/c1-18(17)14-13(16)7-6-12(10-4-5-10)15(14)20-9-11-3-2-8-19-11/h2-3,6-8,10H,4-5,9,17H2,1H3. The van der Waals surface area contributed by atoms with Gasteiger partial charge in [0.2, 0.25) is 0 Å². The maximum Gasteiger partial charge on any atom is 0.149 e. The van der Waals surface area contributed by atoms with E-state index in [1.54, 1.807) is 25.1 Å². The average Bonchev–Trinajstić information content (AvgIpc) is 3.12. The molecule has 1 saturated carbocycles. The molecule has 3 rings (SSSR count). The van der Waals surface area contributed by atoms with E-state index in [-0.39, 0.29) is 5.82 Å². The number of rotatable bonds is 5. The van der Waals surface area contributed by atoms with Crippen molar-refractivity contribution in [3.63, 3.8) is 0 Å². The van der Waals surface area contributed by atoms with Crippen molar-refractivity contribution < 1.29 is 8.81 Å². The smallest absolute Gasteiger partial charge is 0.149 e. The third-order valence-electron chi connectivity index (χ3n) is 3.42. The number of hydrogen-bond donors (Lipinski definition) is 1. The largest absolute Gasteiger partial charge is 0.468 e. The van der Waals surface area contributed by atoms with Gasteiger partial charge in [-0.05, 0) is 42.5 Å². The molecule has 0 atom stereocenters. The summed E-state index contributed by atoms with van der Waals surface area (Å²) in [7, 11) is 1.67. The number of thioether (sulfide) groups is 1. The molecule has 0 unspecified atom stereocenters. The lowest BCUT2D eigenvalue weighted by Gasteiger charge is -2.20. The fraction of sp³-hybridized carbons (Fsp3) is 0.333. The maximum absolute atomic E-state index is 14.1. The van der Waals surface area contributed by atoms with Crippen molar-refractivity contribution in [3.05, 3.63) is 47.7 Å². The summed E-state index contributed by atoms with van der Waals surface area (Å²) in [5.41, 5.74) is 1.68. The number of hydrazine groups is 1. The van der Waals surface area contributed by atoms with Gasteiger partial charge in [0.05, 0.1) is 12.0 Å². The molecular weight excluding hydrogens is 275 g/mol. The Bertz CT molecular complexity index is 594. The van der Waals surface area contributed by atoms with E-state index >= 15 is 0 Å². The Labute approximate surface area is 121 Å². The van der Waals surface area contributed by atoms with Crippen LogP contribution in [0, 0.1) is 5.82 Å². The zero-order chi connectivity index (χ0) is 14.1. The van der Waals surface area contributed by atoms with Gasteiger partial charge in [-0.15, -0.1) is 11.8 Å². The van der Waals surface area contributed by atoms with Crippen molar-refractivity contribution in [3.8, 4) is 0 Å². The number of hydrogen-bond acceptors (Lipinski definition) is 4. The van der Waals surface area contributed by atoms with Crippen LogP contribution >= 0.6 is 11.8 Å². The second kappa shape index (κ2) is 5.50. The quantitative estimate of drug-likeness (QED) is 0.515. The average molecular weight is 292 g/mol. The van der Waals surface area contributed by atoms with Crippen LogP contribution in [0.1, 0.15) is 30.1 Å². The highest BCUT2D eigenvalue weighted by atomic mass is 32.2. The molecule has 0 aliphatic heterocycles. The van der Waals surface area contributed by atoms with E-state index in [2.05, 4.69) is 0 Å². The van der Waals surface area contributed by atoms with Crippen LogP contribution in [0.25, 0.3) is 0 Å². The first kappa shape index (κ1) is 13.5. The molecule has 1 fully saturated rings.